The van der Waals surface area contributed by atoms with Crippen molar-refractivity contribution < 1.29 is 14.4 Å². The molecule has 0 fully saturated rings. The van der Waals surface area contributed by atoms with Gasteiger partial charge in [0.2, 0.25) is 0 Å². The van der Waals surface area contributed by atoms with Gasteiger partial charge in [0, 0.05) is 5.02 Å². The van der Waals surface area contributed by atoms with Crippen LogP contribution in [0.15, 0.2) is 52.1 Å². The summed E-state index contributed by atoms with van der Waals surface area (Å²) in [6, 6.07) is 11.9. The highest BCUT2D eigenvalue weighted by molar-refractivity contribution is 9.10. The van der Waals surface area contributed by atoms with Gasteiger partial charge in [-0.2, -0.15) is 5.10 Å². The zero-order chi connectivity index (χ0) is 21.8. The second kappa shape index (κ2) is 9.32. The summed E-state index contributed by atoms with van der Waals surface area (Å²) < 4.78 is 8.12. The number of ether oxygens (including phenoxy) is 1. The van der Waals surface area contributed by atoms with Crippen molar-refractivity contribution in [1.82, 2.24) is 9.78 Å². The summed E-state index contributed by atoms with van der Waals surface area (Å²) in [4.78, 5) is 17.3. The lowest BCUT2D eigenvalue weighted by Gasteiger charge is -2.08. The minimum atomic E-state index is -0.626. The van der Waals surface area contributed by atoms with Gasteiger partial charge in [0.1, 0.15) is 5.75 Å². The van der Waals surface area contributed by atoms with Gasteiger partial charge >= 0.3 is 5.97 Å². The van der Waals surface area contributed by atoms with Crippen LogP contribution in [0.5, 0.6) is 5.75 Å². The van der Waals surface area contributed by atoms with E-state index in [0.717, 1.165) is 21.4 Å². The number of benzene rings is 2. The molecule has 0 atom stereocenters. The van der Waals surface area contributed by atoms with Gasteiger partial charge in [-0.15, -0.1) is 0 Å². The quantitative estimate of drug-likeness (QED) is 0.238. The Bertz CT molecular complexity index is 1110. The summed E-state index contributed by atoms with van der Waals surface area (Å²) in [6.45, 7) is 4.53. The van der Waals surface area contributed by atoms with Crippen molar-refractivity contribution in [3.8, 4) is 5.75 Å². The number of hydrogen-bond donors (Lipinski definition) is 1. The van der Waals surface area contributed by atoms with Crippen LogP contribution in [0, 0.1) is 13.8 Å². The third-order valence-corrected chi connectivity index (χ3v) is 5.86. The van der Waals surface area contributed by atoms with Gasteiger partial charge in [-0.3, -0.25) is 4.68 Å². The summed E-state index contributed by atoms with van der Waals surface area (Å²) in [7, 11) is 1.50. The molecule has 0 aliphatic rings. The SMILES string of the molecule is COc1ccc(Cl)cc1/C(N)=N/OC(=O)c1ccc(Cn2nc(C)c(Br)c2C)cc1. The summed E-state index contributed by atoms with van der Waals surface area (Å²) in [5, 5.41) is 8.67. The van der Waals surface area contributed by atoms with E-state index in [0.29, 0.717) is 28.4 Å². The van der Waals surface area contributed by atoms with Gasteiger partial charge in [-0.1, -0.05) is 28.9 Å². The van der Waals surface area contributed by atoms with Crippen LogP contribution in [0.25, 0.3) is 0 Å². The van der Waals surface area contributed by atoms with Gasteiger partial charge in [-0.25, -0.2) is 4.79 Å². The Morgan fingerprint density at radius 1 is 1.23 bits per heavy atom. The summed E-state index contributed by atoms with van der Waals surface area (Å²) >= 11 is 9.51. The zero-order valence-corrected chi connectivity index (χ0v) is 19.0. The van der Waals surface area contributed by atoms with Crippen LogP contribution >= 0.6 is 27.5 Å². The second-order valence-corrected chi connectivity index (χ2v) is 7.77. The molecule has 9 heteroatoms. The van der Waals surface area contributed by atoms with Crippen molar-refractivity contribution in [3.63, 3.8) is 0 Å². The Balaban J connectivity index is 1.69. The lowest BCUT2D eigenvalue weighted by Crippen LogP contribution is -2.16. The molecule has 0 saturated carbocycles. The first-order valence-electron chi connectivity index (χ1n) is 8.97. The van der Waals surface area contributed by atoms with E-state index in [4.69, 9.17) is 26.9 Å². The molecule has 0 saturated heterocycles. The number of nitrogens with two attached hydrogens (primary N) is 1. The maximum atomic E-state index is 12.3. The number of carbonyl (C=O) groups is 1. The molecule has 2 N–H and O–H groups in total. The van der Waals surface area contributed by atoms with E-state index in [1.807, 2.05) is 30.7 Å². The van der Waals surface area contributed by atoms with Crippen LogP contribution in [0.3, 0.4) is 0 Å². The fourth-order valence-corrected chi connectivity index (χ4v) is 3.28. The summed E-state index contributed by atoms with van der Waals surface area (Å²) in [6.07, 6.45) is 0. The number of halogens is 2. The average Bonchev–Trinajstić information content (AvgIpc) is 2.98. The third kappa shape index (κ3) is 4.83. The van der Waals surface area contributed by atoms with Crippen molar-refractivity contribution in [2.24, 2.45) is 10.9 Å². The fraction of sp³-hybridized carbons (Fsp3) is 0.190. The highest BCUT2D eigenvalue weighted by Gasteiger charge is 2.13. The highest BCUT2D eigenvalue weighted by atomic mass is 79.9. The van der Waals surface area contributed by atoms with E-state index in [1.165, 1.54) is 7.11 Å². The maximum absolute atomic E-state index is 12.3. The zero-order valence-electron chi connectivity index (χ0n) is 16.6. The molecular formula is C21H20BrClN4O3. The van der Waals surface area contributed by atoms with E-state index < -0.39 is 5.97 Å². The van der Waals surface area contributed by atoms with Gasteiger partial charge in [0.15, 0.2) is 5.84 Å². The number of rotatable bonds is 6. The van der Waals surface area contributed by atoms with E-state index in [-0.39, 0.29) is 5.84 Å². The van der Waals surface area contributed by atoms with Gasteiger partial charge in [0.05, 0.1) is 40.6 Å². The minimum absolute atomic E-state index is 0.0191. The molecule has 3 aromatic rings. The maximum Gasteiger partial charge on any atom is 0.365 e. The van der Waals surface area contributed by atoms with Crippen molar-refractivity contribution >= 4 is 39.3 Å². The molecule has 0 spiro atoms. The fourth-order valence-electron chi connectivity index (χ4n) is 2.82. The number of hydrogen-bond acceptors (Lipinski definition) is 5. The van der Waals surface area contributed by atoms with Crippen molar-refractivity contribution in [1.29, 1.82) is 0 Å². The molecule has 0 amide bonds. The summed E-state index contributed by atoms with van der Waals surface area (Å²) in [5.41, 5.74) is 9.68. The average molecular weight is 492 g/mol. The Morgan fingerprint density at radius 2 is 1.93 bits per heavy atom. The van der Waals surface area contributed by atoms with E-state index >= 15 is 0 Å². The molecule has 1 aromatic heterocycles. The smallest absolute Gasteiger partial charge is 0.365 e. The first-order chi connectivity index (χ1) is 14.3. The number of aromatic nitrogens is 2. The van der Waals surface area contributed by atoms with Crippen LogP contribution in [-0.4, -0.2) is 28.7 Å². The predicted octanol–water partition coefficient (Wildman–Crippen LogP) is 4.45. The molecule has 30 heavy (non-hydrogen) atoms. The topological polar surface area (TPSA) is 91.7 Å². The number of aryl methyl sites for hydroxylation is 1. The molecule has 2 aromatic carbocycles. The predicted molar refractivity (Wildman–Crippen MR) is 119 cm³/mol. The molecule has 3 rings (SSSR count). The second-order valence-electron chi connectivity index (χ2n) is 6.54. The van der Waals surface area contributed by atoms with Gasteiger partial charge in [0.25, 0.3) is 0 Å². The third-order valence-electron chi connectivity index (χ3n) is 4.48. The molecule has 7 nitrogen and oxygen atoms in total. The highest BCUT2D eigenvalue weighted by Crippen LogP contribution is 2.23. The minimum Gasteiger partial charge on any atom is -0.496 e. The monoisotopic (exact) mass is 490 g/mol. The lowest BCUT2D eigenvalue weighted by atomic mass is 10.1. The van der Waals surface area contributed by atoms with Crippen LogP contribution in [0.1, 0.15) is 32.9 Å². The Morgan fingerprint density at radius 3 is 2.53 bits per heavy atom. The largest absolute Gasteiger partial charge is 0.496 e. The van der Waals surface area contributed by atoms with Crippen molar-refractivity contribution in [2.75, 3.05) is 7.11 Å². The van der Waals surface area contributed by atoms with E-state index in [2.05, 4.69) is 26.2 Å². The number of carbonyl (C=O) groups excluding carboxylic acids is 1. The van der Waals surface area contributed by atoms with Crippen LogP contribution in [0.4, 0.5) is 0 Å². The van der Waals surface area contributed by atoms with Gasteiger partial charge < -0.3 is 15.3 Å². The first kappa shape index (κ1) is 21.9. The molecule has 0 aliphatic heterocycles. The number of methoxy groups -OCH3 is 1. The molecule has 0 radical (unpaired) electrons. The lowest BCUT2D eigenvalue weighted by molar-refractivity contribution is 0.0516. The number of amidine groups is 1. The Hall–Kier alpha value is -2.84. The van der Waals surface area contributed by atoms with E-state index in [9.17, 15) is 4.79 Å². The number of nitrogens with zero attached hydrogens (tertiary/aromatic N) is 3. The van der Waals surface area contributed by atoms with Crippen molar-refractivity contribution in [2.45, 2.75) is 20.4 Å². The molecule has 0 bridgehead atoms. The number of oxime groups is 1. The van der Waals surface area contributed by atoms with Crippen molar-refractivity contribution in [3.05, 3.63) is 80.0 Å². The first-order valence-corrected chi connectivity index (χ1v) is 10.1. The van der Waals surface area contributed by atoms with Crippen LogP contribution in [-0.2, 0) is 11.4 Å². The Kier molecular flexibility index (Phi) is 6.79. The summed E-state index contributed by atoms with van der Waals surface area (Å²) in [5.74, 6) is -0.175. The molecule has 0 unspecified atom stereocenters. The van der Waals surface area contributed by atoms with Crippen LogP contribution in [0.2, 0.25) is 5.02 Å². The standard InChI is InChI=1S/C21H20BrClN4O3/c1-12-19(22)13(2)27(25-12)11-14-4-6-15(7-5-14)21(28)30-26-20(24)17-10-16(23)8-9-18(17)29-3/h4-10H,11H2,1-3H3,(H2,24,26). The molecule has 1 heterocycles. The normalized spacial score (nSPS) is 11.4. The molecular weight excluding hydrogens is 472 g/mol. The Labute approximate surface area is 187 Å². The molecule has 156 valence electrons. The molecule has 0 aliphatic carbocycles. The van der Waals surface area contributed by atoms with Gasteiger partial charge in [-0.05, 0) is 65.7 Å². The van der Waals surface area contributed by atoms with E-state index in [1.54, 1.807) is 30.3 Å². The van der Waals surface area contributed by atoms with Crippen LogP contribution < -0.4 is 10.5 Å².